The van der Waals surface area contributed by atoms with E-state index in [-0.39, 0.29) is 39.3 Å². The zero-order valence-electron chi connectivity index (χ0n) is 4.85. The van der Waals surface area contributed by atoms with Gasteiger partial charge in [-0.1, -0.05) is 0 Å². The average Bonchev–Trinajstić information content (AvgIpc) is 1.27. The van der Waals surface area contributed by atoms with E-state index in [1.807, 2.05) is 0 Å². The molecular formula is C2H8O5SY. The minimum absolute atomic E-state index is 0. The van der Waals surface area contributed by atoms with Gasteiger partial charge in [0.1, 0.15) is 0 Å². The summed E-state index contributed by atoms with van der Waals surface area (Å²) in [5.74, 6) is 0. The van der Waals surface area contributed by atoms with Gasteiger partial charge in [0, 0.05) is 39.3 Å². The number of hydrogen-bond donors (Lipinski definition) is 3. The molecule has 0 atom stereocenters. The van der Waals surface area contributed by atoms with Gasteiger partial charge in [0.15, 0.2) is 0 Å². The molecule has 9 heavy (non-hydrogen) atoms. The molecule has 0 aromatic carbocycles. The number of rotatable bonds is 0. The summed E-state index contributed by atoms with van der Waals surface area (Å²) in [5, 5.41) is 7.57. The molecule has 0 unspecified atom stereocenters. The Morgan fingerprint density at radius 2 is 1.33 bits per heavy atom. The molecule has 0 heterocycles. The van der Waals surface area contributed by atoms with Crippen LogP contribution in [0.3, 0.4) is 0 Å². The first kappa shape index (κ1) is 16.5. The summed E-state index contributed by atoms with van der Waals surface area (Å²) < 4.78 is 31.6. The van der Waals surface area contributed by atoms with Gasteiger partial charge in [-0.25, -0.2) is 0 Å². The van der Waals surface area contributed by atoms with Gasteiger partial charge in [0.2, 0.25) is 0 Å². The average molecular weight is 233 g/mol. The fraction of sp³-hybridized carbons (Fsp3) is 1.00. The van der Waals surface area contributed by atoms with E-state index in [0.29, 0.717) is 0 Å². The second-order valence-electron chi connectivity index (χ2n) is 0.764. The van der Waals surface area contributed by atoms with Crippen LogP contribution >= 0.6 is 0 Å². The van der Waals surface area contributed by atoms with Gasteiger partial charge in [-0.05, 0) is 6.92 Å². The first-order valence-corrected chi connectivity index (χ1v) is 3.12. The van der Waals surface area contributed by atoms with Crippen LogP contribution in [0.5, 0.6) is 0 Å². The third-order valence-corrected chi connectivity index (χ3v) is 0. The maximum atomic E-state index is 8.74. The van der Waals surface area contributed by atoms with Crippen molar-refractivity contribution < 1.29 is 55.3 Å². The molecule has 0 aliphatic rings. The van der Waals surface area contributed by atoms with E-state index in [1.54, 1.807) is 6.92 Å². The molecule has 0 aliphatic carbocycles. The summed E-state index contributed by atoms with van der Waals surface area (Å²) >= 11 is 0. The first-order valence-electron chi connectivity index (χ1n) is 1.72. The number of hydrogen-bond acceptors (Lipinski definition) is 3. The maximum Gasteiger partial charge on any atom is 0.394 e. The van der Waals surface area contributed by atoms with Crippen molar-refractivity contribution in [2.24, 2.45) is 0 Å². The van der Waals surface area contributed by atoms with Gasteiger partial charge in [-0.2, -0.15) is 8.42 Å². The zero-order chi connectivity index (χ0) is 7.21. The Morgan fingerprint density at radius 1 is 1.33 bits per heavy atom. The van der Waals surface area contributed by atoms with Crippen LogP contribution in [0.25, 0.3) is 0 Å². The first-order chi connectivity index (χ1) is 3.41. The molecule has 55 valence electrons. The molecule has 0 fully saturated rings. The van der Waals surface area contributed by atoms with Crippen LogP contribution in [0.1, 0.15) is 6.92 Å². The van der Waals surface area contributed by atoms with Crippen molar-refractivity contribution in [1.82, 2.24) is 0 Å². The Bertz CT molecular complexity index is 109. The van der Waals surface area contributed by atoms with Crippen LogP contribution in [-0.4, -0.2) is 29.2 Å². The molecule has 0 aromatic heterocycles. The van der Waals surface area contributed by atoms with E-state index in [1.165, 1.54) is 0 Å². The van der Waals surface area contributed by atoms with E-state index >= 15 is 0 Å². The fourth-order valence-electron chi connectivity index (χ4n) is 0. The predicted molar refractivity (Wildman–Crippen MR) is 26.9 cm³/mol. The molecule has 0 saturated heterocycles. The van der Waals surface area contributed by atoms with Crippen LogP contribution < -0.4 is 0 Å². The molecule has 0 spiro atoms. The number of aliphatic hydroxyl groups is 1. The Labute approximate surface area is 78.9 Å². The van der Waals surface area contributed by atoms with Crippen molar-refractivity contribution >= 4 is 10.4 Å². The smallest absolute Gasteiger partial charge is 0.394 e. The Kier molecular flexibility index (Phi) is 16.4. The van der Waals surface area contributed by atoms with E-state index in [9.17, 15) is 0 Å². The molecule has 1 radical (unpaired) electrons. The molecule has 0 bridgehead atoms. The number of aliphatic hydroxyl groups excluding tert-OH is 1. The van der Waals surface area contributed by atoms with Gasteiger partial charge in [-0.15, -0.1) is 0 Å². The van der Waals surface area contributed by atoms with Gasteiger partial charge < -0.3 is 5.11 Å². The molecule has 5 nitrogen and oxygen atoms in total. The largest absolute Gasteiger partial charge is 0.397 e. The molecule has 7 heteroatoms. The van der Waals surface area contributed by atoms with Crippen LogP contribution in [0.15, 0.2) is 0 Å². The van der Waals surface area contributed by atoms with Crippen LogP contribution in [0, 0.1) is 0 Å². The van der Waals surface area contributed by atoms with Gasteiger partial charge in [-0.3, -0.25) is 9.11 Å². The summed E-state index contributed by atoms with van der Waals surface area (Å²) in [6.45, 7) is 1.93. The summed E-state index contributed by atoms with van der Waals surface area (Å²) in [5.41, 5.74) is 0. The third-order valence-electron chi connectivity index (χ3n) is 0. The van der Waals surface area contributed by atoms with Crippen LogP contribution in [0.4, 0.5) is 0 Å². The van der Waals surface area contributed by atoms with Gasteiger partial charge >= 0.3 is 10.4 Å². The monoisotopic (exact) mass is 233 g/mol. The SMILES string of the molecule is CCO.O=S(=O)(O)O.[Y]. The van der Waals surface area contributed by atoms with Crippen molar-refractivity contribution in [3.63, 3.8) is 0 Å². The summed E-state index contributed by atoms with van der Waals surface area (Å²) in [6.07, 6.45) is 0. The van der Waals surface area contributed by atoms with E-state index in [0.717, 1.165) is 0 Å². The maximum absolute atomic E-state index is 8.74. The molecule has 0 aliphatic heterocycles. The van der Waals surface area contributed by atoms with Gasteiger partial charge in [0.05, 0.1) is 0 Å². The second kappa shape index (κ2) is 8.93. The molecule has 0 rings (SSSR count). The van der Waals surface area contributed by atoms with Crippen LogP contribution in [-0.2, 0) is 43.1 Å². The second-order valence-corrected chi connectivity index (χ2v) is 1.66. The summed E-state index contributed by atoms with van der Waals surface area (Å²) in [6, 6.07) is 0. The van der Waals surface area contributed by atoms with E-state index in [2.05, 4.69) is 0 Å². The van der Waals surface area contributed by atoms with Crippen molar-refractivity contribution in [2.75, 3.05) is 6.61 Å². The van der Waals surface area contributed by atoms with Crippen molar-refractivity contribution in [2.45, 2.75) is 6.92 Å². The zero-order valence-corrected chi connectivity index (χ0v) is 8.51. The van der Waals surface area contributed by atoms with E-state index < -0.39 is 10.4 Å². The van der Waals surface area contributed by atoms with Crippen molar-refractivity contribution in [3.8, 4) is 0 Å². The molecule has 0 amide bonds. The minimum Gasteiger partial charge on any atom is -0.397 e. The van der Waals surface area contributed by atoms with Gasteiger partial charge in [0.25, 0.3) is 0 Å². The summed E-state index contributed by atoms with van der Waals surface area (Å²) in [7, 11) is -4.67. The molecular weight excluding hydrogens is 225 g/mol. The fourth-order valence-corrected chi connectivity index (χ4v) is 0. The van der Waals surface area contributed by atoms with Crippen LogP contribution in [0.2, 0.25) is 0 Å². The Balaban J connectivity index is -0.0000000800. The molecule has 0 saturated carbocycles. The predicted octanol–water partition coefficient (Wildman–Crippen LogP) is -0.657. The van der Waals surface area contributed by atoms with Crippen molar-refractivity contribution in [1.29, 1.82) is 0 Å². The molecule has 0 aromatic rings. The minimum atomic E-state index is -4.67. The third kappa shape index (κ3) is 492. The topological polar surface area (TPSA) is 94.8 Å². The van der Waals surface area contributed by atoms with E-state index in [4.69, 9.17) is 22.6 Å². The Morgan fingerprint density at radius 3 is 1.33 bits per heavy atom. The molecule has 3 N–H and O–H groups in total. The van der Waals surface area contributed by atoms with Crippen molar-refractivity contribution in [3.05, 3.63) is 0 Å². The standard InChI is InChI=1S/C2H6O.H2O4S.Y/c1-2-3;1-5(2,3)4;/h3H,2H2,1H3;(H2,1,2,3,4);. The summed E-state index contributed by atoms with van der Waals surface area (Å²) in [4.78, 5) is 0. The Hall–Kier alpha value is 0.934. The quantitative estimate of drug-likeness (QED) is 0.483. The normalized spacial score (nSPS) is 8.44.